The van der Waals surface area contributed by atoms with Crippen LogP contribution in [0, 0.1) is 17.8 Å². The smallest absolute Gasteiger partial charge is 0.407 e. The first-order valence-corrected chi connectivity index (χ1v) is 10.6. The Morgan fingerprint density at radius 3 is 2.23 bits per heavy atom. The fraction of sp³-hybridized carbons (Fsp3) is 0.375. The molecule has 1 heterocycles. The average molecular weight is 420 g/mol. The second-order valence-corrected chi connectivity index (χ2v) is 8.59. The average Bonchev–Trinajstić information content (AvgIpc) is 3.44. The van der Waals surface area contributed by atoms with E-state index in [9.17, 15) is 14.4 Å². The standard InChI is InChI=1S/C24H24N2O5/c27-22(26-11-15(12-26)23(28)29)20-9-14(20)10-25-24(30)31-13-21-18-7-3-1-5-16(18)17-6-2-4-8-19(17)21/h1-8,14-15,20-21H,9-13H2,(H,25,30)(H,28,29). The number of hydrogen-bond acceptors (Lipinski definition) is 4. The Hall–Kier alpha value is -3.35. The summed E-state index contributed by atoms with van der Waals surface area (Å²) in [6.45, 7) is 1.23. The van der Waals surface area contributed by atoms with Gasteiger partial charge in [-0.2, -0.15) is 0 Å². The zero-order valence-corrected chi connectivity index (χ0v) is 17.0. The number of nitrogens with zero attached hydrogens (tertiary/aromatic N) is 1. The fourth-order valence-electron chi connectivity index (χ4n) is 4.69. The Morgan fingerprint density at radius 2 is 1.61 bits per heavy atom. The Balaban J connectivity index is 1.10. The number of carboxylic acid groups (broad SMARTS) is 1. The van der Waals surface area contributed by atoms with Gasteiger partial charge >= 0.3 is 12.1 Å². The minimum absolute atomic E-state index is 0.00293. The predicted molar refractivity (Wildman–Crippen MR) is 112 cm³/mol. The SMILES string of the molecule is O=C(NCC1CC1C(=O)N1CC(C(=O)O)C1)OCC1c2ccccc2-c2ccccc21. The van der Waals surface area contributed by atoms with E-state index >= 15 is 0 Å². The van der Waals surface area contributed by atoms with Crippen molar-refractivity contribution >= 4 is 18.0 Å². The van der Waals surface area contributed by atoms with Gasteiger partial charge in [-0.15, -0.1) is 0 Å². The Bertz CT molecular complexity index is 1000. The van der Waals surface area contributed by atoms with Crippen LogP contribution in [-0.2, 0) is 14.3 Å². The Labute approximate surface area is 180 Å². The summed E-state index contributed by atoms with van der Waals surface area (Å²) in [7, 11) is 0. The van der Waals surface area contributed by atoms with E-state index in [0.717, 1.165) is 6.42 Å². The highest BCUT2D eigenvalue weighted by Gasteiger charge is 2.48. The molecule has 2 unspecified atom stereocenters. The molecule has 2 N–H and O–H groups in total. The summed E-state index contributed by atoms with van der Waals surface area (Å²) in [5, 5.41) is 11.7. The number of carbonyl (C=O) groups excluding carboxylic acids is 2. The van der Waals surface area contributed by atoms with Crippen molar-refractivity contribution in [3.05, 3.63) is 59.7 Å². The van der Waals surface area contributed by atoms with E-state index in [1.165, 1.54) is 22.3 Å². The lowest BCUT2D eigenvalue weighted by molar-refractivity contribution is -0.153. The van der Waals surface area contributed by atoms with Gasteiger partial charge in [-0.25, -0.2) is 4.79 Å². The highest BCUT2D eigenvalue weighted by molar-refractivity contribution is 5.85. The summed E-state index contributed by atoms with van der Waals surface area (Å²) in [6, 6.07) is 16.4. The molecular weight excluding hydrogens is 396 g/mol. The van der Waals surface area contributed by atoms with Crippen molar-refractivity contribution in [2.24, 2.45) is 17.8 Å². The summed E-state index contributed by atoms with van der Waals surface area (Å²) in [5.74, 6) is -1.31. The number of ether oxygens (including phenoxy) is 1. The van der Waals surface area contributed by atoms with E-state index in [4.69, 9.17) is 9.84 Å². The van der Waals surface area contributed by atoms with Crippen LogP contribution < -0.4 is 5.32 Å². The summed E-state index contributed by atoms with van der Waals surface area (Å²) >= 11 is 0. The highest BCUT2D eigenvalue weighted by Crippen LogP contribution is 2.44. The first-order valence-electron chi connectivity index (χ1n) is 10.6. The van der Waals surface area contributed by atoms with Gasteiger partial charge in [0.1, 0.15) is 6.61 Å². The molecule has 3 aliphatic rings. The van der Waals surface area contributed by atoms with Crippen LogP contribution in [0.4, 0.5) is 4.79 Å². The van der Waals surface area contributed by atoms with Gasteiger partial charge in [0.05, 0.1) is 5.92 Å². The number of benzene rings is 2. The monoisotopic (exact) mass is 420 g/mol. The van der Waals surface area contributed by atoms with Crippen molar-refractivity contribution in [2.45, 2.75) is 12.3 Å². The van der Waals surface area contributed by atoms with Crippen LogP contribution in [0.2, 0.25) is 0 Å². The lowest BCUT2D eigenvalue weighted by Gasteiger charge is -2.36. The summed E-state index contributed by atoms with van der Waals surface area (Å²) in [6.07, 6.45) is 0.242. The minimum atomic E-state index is -0.853. The predicted octanol–water partition coefficient (Wildman–Crippen LogP) is 2.70. The summed E-state index contributed by atoms with van der Waals surface area (Å²) in [4.78, 5) is 37.1. The molecule has 7 heteroatoms. The number of hydrogen-bond donors (Lipinski definition) is 2. The van der Waals surface area contributed by atoms with Crippen LogP contribution in [0.25, 0.3) is 11.1 Å². The van der Waals surface area contributed by atoms with Gasteiger partial charge in [-0.1, -0.05) is 48.5 Å². The summed E-state index contributed by atoms with van der Waals surface area (Å²) in [5.41, 5.74) is 4.70. The molecule has 2 aliphatic carbocycles. The number of carboxylic acids is 1. The molecule has 0 spiro atoms. The number of fused-ring (bicyclic) bond motifs is 3. The molecule has 1 aliphatic heterocycles. The van der Waals surface area contributed by atoms with Gasteiger partial charge in [0.2, 0.25) is 5.91 Å². The number of nitrogens with one attached hydrogen (secondary N) is 1. The molecule has 7 nitrogen and oxygen atoms in total. The molecule has 2 aromatic carbocycles. The topological polar surface area (TPSA) is 95.9 Å². The molecule has 2 aromatic rings. The molecule has 31 heavy (non-hydrogen) atoms. The van der Waals surface area contributed by atoms with Crippen molar-refractivity contribution in [2.75, 3.05) is 26.2 Å². The maximum Gasteiger partial charge on any atom is 0.407 e. The van der Waals surface area contributed by atoms with Crippen LogP contribution >= 0.6 is 0 Å². The van der Waals surface area contributed by atoms with Gasteiger partial charge in [-0.3, -0.25) is 9.59 Å². The molecule has 2 amide bonds. The van der Waals surface area contributed by atoms with Gasteiger partial charge in [0, 0.05) is 31.5 Å². The lowest BCUT2D eigenvalue weighted by atomic mass is 9.98. The van der Waals surface area contributed by atoms with E-state index < -0.39 is 18.0 Å². The van der Waals surface area contributed by atoms with E-state index in [-0.39, 0.29) is 43.4 Å². The first kappa shape index (κ1) is 19.6. The van der Waals surface area contributed by atoms with E-state index in [0.29, 0.717) is 6.54 Å². The van der Waals surface area contributed by atoms with E-state index in [2.05, 4.69) is 29.6 Å². The number of aliphatic carboxylic acids is 1. The molecule has 1 saturated heterocycles. The number of rotatable bonds is 6. The Kier molecular flexibility index (Phi) is 4.88. The summed E-state index contributed by atoms with van der Waals surface area (Å²) < 4.78 is 5.52. The fourth-order valence-corrected chi connectivity index (χ4v) is 4.69. The van der Waals surface area contributed by atoms with Crippen molar-refractivity contribution in [3.8, 4) is 11.1 Å². The van der Waals surface area contributed by atoms with E-state index in [1.54, 1.807) is 4.90 Å². The lowest BCUT2D eigenvalue weighted by Crippen LogP contribution is -2.53. The van der Waals surface area contributed by atoms with Gasteiger partial charge < -0.3 is 20.1 Å². The Morgan fingerprint density at radius 1 is 1.00 bits per heavy atom. The van der Waals surface area contributed by atoms with Gasteiger partial charge in [-0.05, 0) is 34.6 Å². The van der Waals surface area contributed by atoms with Gasteiger partial charge in [0.25, 0.3) is 0 Å². The second kappa shape index (κ2) is 7.72. The molecule has 160 valence electrons. The molecule has 0 bridgehead atoms. The number of amides is 2. The maximum absolute atomic E-state index is 12.3. The molecule has 0 radical (unpaired) electrons. The zero-order valence-electron chi connectivity index (χ0n) is 17.0. The van der Waals surface area contributed by atoms with Crippen LogP contribution in [0.1, 0.15) is 23.5 Å². The molecule has 5 rings (SSSR count). The third-order valence-electron chi connectivity index (χ3n) is 6.63. The normalized spacial score (nSPS) is 21.6. The van der Waals surface area contributed by atoms with Crippen molar-refractivity contribution in [3.63, 3.8) is 0 Å². The van der Waals surface area contributed by atoms with Gasteiger partial charge in [0.15, 0.2) is 0 Å². The first-order chi connectivity index (χ1) is 15.0. The van der Waals surface area contributed by atoms with Crippen LogP contribution in [0.15, 0.2) is 48.5 Å². The molecule has 2 fully saturated rings. The molecule has 2 atom stereocenters. The number of likely N-dealkylation sites (tertiary alicyclic amines) is 1. The van der Waals surface area contributed by atoms with E-state index in [1.807, 2.05) is 24.3 Å². The second-order valence-electron chi connectivity index (χ2n) is 8.59. The third kappa shape index (κ3) is 3.65. The maximum atomic E-state index is 12.3. The quantitative estimate of drug-likeness (QED) is 0.749. The van der Waals surface area contributed by atoms with Crippen LogP contribution in [-0.4, -0.2) is 54.2 Å². The van der Waals surface area contributed by atoms with Crippen molar-refractivity contribution in [1.29, 1.82) is 0 Å². The zero-order chi connectivity index (χ0) is 21.5. The van der Waals surface area contributed by atoms with Crippen molar-refractivity contribution < 1.29 is 24.2 Å². The van der Waals surface area contributed by atoms with Crippen LogP contribution in [0.3, 0.4) is 0 Å². The molecule has 1 saturated carbocycles. The highest BCUT2D eigenvalue weighted by atomic mass is 16.5. The number of carbonyl (C=O) groups is 3. The minimum Gasteiger partial charge on any atom is -0.481 e. The molecular formula is C24H24N2O5. The van der Waals surface area contributed by atoms with Crippen molar-refractivity contribution in [1.82, 2.24) is 10.2 Å². The molecule has 0 aromatic heterocycles. The number of alkyl carbamates (subject to hydrolysis) is 1. The van der Waals surface area contributed by atoms with Crippen LogP contribution in [0.5, 0.6) is 0 Å². The largest absolute Gasteiger partial charge is 0.481 e. The third-order valence-corrected chi connectivity index (χ3v) is 6.63.